The molecule has 2 aromatic rings. The molecule has 0 unspecified atom stereocenters. The Morgan fingerprint density at radius 1 is 1.08 bits per heavy atom. The Labute approximate surface area is 140 Å². The molecule has 0 saturated carbocycles. The predicted molar refractivity (Wildman–Crippen MR) is 90.1 cm³/mol. The van der Waals surface area contributed by atoms with Crippen LogP contribution < -0.4 is 13.8 Å². The van der Waals surface area contributed by atoms with Gasteiger partial charge in [-0.1, -0.05) is 6.07 Å². The zero-order chi connectivity index (χ0) is 17.2. The van der Waals surface area contributed by atoms with Gasteiger partial charge in [-0.25, -0.2) is 13.2 Å². The molecule has 126 valence electrons. The molecular formula is C17H17NO5S. The molecule has 1 aliphatic heterocycles. The minimum absolute atomic E-state index is 0.132. The molecule has 1 aliphatic rings. The number of anilines is 1. The zero-order valence-electron chi connectivity index (χ0n) is 13.1. The Bertz CT molecular complexity index is 846. The molecule has 1 saturated heterocycles. The Balaban J connectivity index is 1.79. The van der Waals surface area contributed by atoms with Gasteiger partial charge in [0.25, 0.3) is 0 Å². The van der Waals surface area contributed by atoms with Gasteiger partial charge in [0.1, 0.15) is 11.5 Å². The maximum absolute atomic E-state index is 12.3. The summed E-state index contributed by atoms with van der Waals surface area (Å²) in [5.74, 6) is 0.641. The highest BCUT2D eigenvalue weighted by atomic mass is 32.2. The molecule has 7 heteroatoms. The van der Waals surface area contributed by atoms with E-state index in [1.165, 1.54) is 10.4 Å². The van der Waals surface area contributed by atoms with E-state index in [1.54, 1.807) is 49.6 Å². The number of ether oxygens (including phenoxy) is 2. The van der Waals surface area contributed by atoms with Gasteiger partial charge in [-0.3, -0.25) is 4.31 Å². The lowest BCUT2D eigenvalue weighted by molar-refractivity contribution is 0.0734. The SMILES string of the molecule is COc1ccc(OC(=O)c2cccc(N3CCCS3(=O)=O)c2)cc1. The number of carbonyl (C=O) groups is 1. The fourth-order valence-electron chi connectivity index (χ4n) is 2.53. The summed E-state index contributed by atoms with van der Waals surface area (Å²) in [6.07, 6.45) is 0.586. The third-order valence-corrected chi connectivity index (χ3v) is 5.61. The van der Waals surface area contributed by atoms with Crippen LogP contribution in [-0.2, 0) is 10.0 Å². The molecule has 0 bridgehead atoms. The summed E-state index contributed by atoms with van der Waals surface area (Å²) in [7, 11) is -1.73. The van der Waals surface area contributed by atoms with Gasteiger partial charge in [-0.2, -0.15) is 0 Å². The smallest absolute Gasteiger partial charge is 0.343 e. The molecule has 0 atom stereocenters. The molecular weight excluding hydrogens is 330 g/mol. The number of methoxy groups -OCH3 is 1. The number of sulfonamides is 1. The maximum Gasteiger partial charge on any atom is 0.343 e. The first-order valence-corrected chi connectivity index (χ1v) is 9.07. The van der Waals surface area contributed by atoms with E-state index in [-0.39, 0.29) is 5.75 Å². The van der Waals surface area contributed by atoms with Crippen LogP contribution in [0.3, 0.4) is 0 Å². The molecule has 3 rings (SSSR count). The molecule has 0 spiro atoms. The normalized spacial score (nSPS) is 16.0. The standard InChI is InChI=1S/C17H17NO5S/c1-22-15-6-8-16(9-7-15)23-17(19)13-4-2-5-14(12-13)18-10-3-11-24(18,20)21/h2,4-9,12H,3,10-11H2,1H3. The summed E-state index contributed by atoms with van der Waals surface area (Å²) in [6.45, 7) is 0.430. The third kappa shape index (κ3) is 3.35. The van der Waals surface area contributed by atoms with E-state index in [0.29, 0.717) is 35.7 Å². The molecule has 0 N–H and O–H groups in total. The fourth-order valence-corrected chi connectivity index (χ4v) is 4.08. The lowest BCUT2D eigenvalue weighted by Gasteiger charge is -2.17. The average molecular weight is 347 g/mol. The van der Waals surface area contributed by atoms with Crippen LogP contribution in [-0.4, -0.2) is 33.8 Å². The van der Waals surface area contributed by atoms with Crippen molar-refractivity contribution in [1.82, 2.24) is 0 Å². The van der Waals surface area contributed by atoms with Crippen LogP contribution in [0.15, 0.2) is 48.5 Å². The van der Waals surface area contributed by atoms with Gasteiger partial charge in [0, 0.05) is 6.54 Å². The Morgan fingerprint density at radius 2 is 1.79 bits per heavy atom. The van der Waals surface area contributed by atoms with E-state index < -0.39 is 16.0 Å². The van der Waals surface area contributed by atoms with E-state index in [1.807, 2.05) is 0 Å². The Morgan fingerprint density at radius 3 is 2.42 bits per heavy atom. The van der Waals surface area contributed by atoms with Gasteiger partial charge in [-0.05, 0) is 48.9 Å². The summed E-state index contributed by atoms with van der Waals surface area (Å²) < 4.78 is 35.7. The highest BCUT2D eigenvalue weighted by Gasteiger charge is 2.28. The van der Waals surface area contributed by atoms with Crippen molar-refractivity contribution in [2.75, 3.05) is 23.7 Å². The molecule has 1 heterocycles. The van der Waals surface area contributed by atoms with Crippen LogP contribution in [0.5, 0.6) is 11.5 Å². The van der Waals surface area contributed by atoms with Gasteiger partial charge < -0.3 is 9.47 Å². The largest absolute Gasteiger partial charge is 0.497 e. The second-order valence-electron chi connectivity index (χ2n) is 5.36. The molecule has 0 aromatic heterocycles. The van der Waals surface area contributed by atoms with Gasteiger partial charge in [0.05, 0.1) is 24.1 Å². The zero-order valence-corrected chi connectivity index (χ0v) is 14.0. The fraction of sp³-hybridized carbons (Fsp3) is 0.235. The topological polar surface area (TPSA) is 72.9 Å². The highest BCUT2D eigenvalue weighted by Crippen LogP contribution is 2.25. The molecule has 0 aliphatic carbocycles. The molecule has 24 heavy (non-hydrogen) atoms. The van der Waals surface area contributed by atoms with Crippen molar-refractivity contribution in [1.29, 1.82) is 0 Å². The van der Waals surface area contributed by atoms with E-state index in [2.05, 4.69) is 0 Å². The molecule has 0 radical (unpaired) electrons. The lowest BCUT2D eigenvalue weighted by atomic mass is 10.2. The van der Waals surface area contributed by atoms with Crippen molar-refractivity contribution in [3.63, 3.8) is 0 Å². The number of benzene rings is 2. The summed E-state index contributed by atoms with van der Waals surface area (Å²) in [4.78, 5) is 12.3. The van der Waals surface area contributed by atoms with Crippen LogP contribution in [0.4, 0.5) is 5.69 Å². The van der Waals surface area contributed by atoms with Gasteiger partial charge in [0.2, 0.25) is 10.0 Å². The maximum atomic E-state index is 12.3. The van der Waals surface area contributed by atoms with Gasteiger partial charge >= 0.3 is 5.97 Å². The summed E-state index contributed by atoms with van der Waals surface area (Å²) >= 11 is 0. The molecule has 6 nitrogen and oxygen atoms in total. The molecule has 1 fully saturated rings. The van der Waals surface area contributed by atoms with E-state index in [4.69, 9.17) is 9.47 Å². The number of carbonyl (C=O) groups excluding carboxylic acids is 1. The van der Waals surface area contributed by atoms with Crippen molar-refractivity contribution in [2.24, 2.45) is 0 Å². The Kier molecular flexibility index (Phi) is 4.44. The number of hydrogen-bond acceptors (Lipinski definition) is 5. The first kappa shape index (κ1) is 16.3. The van der Waals surface area contributed by atoms with Crippen LogP contribution in [0, 0.1) is 0 Å². The van der Waals surface area contributed by atoms with Crippen molar-refractivity contribution >= 4 is 21.7 Å². The number of hydrogen-bond donors (Lipinski definition) is 0. The van der Waals surface area contributed by atoms with Crippen LogP contribution >= 0.6 is 0 Å². The second-order valence-corrected chi connectivity index (χ2v) is 7.37. The summed E-state index contributed by atoms with van der Waals surface area (Å²) in [5, 5.41) is 0. The number of rotatable bonds is 4. The van der Waals surface area contributed by atoms with E-state index >= 15 is 0 Å². The summed E-state index contributed by atoms with van der Waals surface area (Å²) in [6, 6.07) is 13.1. The molecule has 0 amide bonds. The van der Waals surface area contributed by atoms with Gasteiger partial charge in [0.15, 0.2) is 0 Å². The van der Waals surface area contributed by atoms with E-state index in [0.717, 1.165) is 0 Å². The first-order chi connectivity index (χ1) is 11.5. The van der Waals surface area contributed by atoms with Crippen molar-refractivity contribution in [3.8, 4) is 11.5 Å². The summed E-state index contributed by atoms with van der Waals surface area (Å²) in [5.41, 5.74) is 0.780. The van der Waals surface area contributed by atoms with Crippen LogP contribution in [0.2, 0.25) is 0 Å². The monoisotopic (exact) mass is 347 g/mol. The molecule has 2 aromatic carbocycles. The lowest BCUT2D eigenvalue weighted by Crippen LogP contribution is -2.25. The predicted octanol–water partition coefficient (Wildman–Crippen LogP) is 2.45. The minimum Gasteiger partial charge on any atom is -0.497 e. The highest BCUT2D eigenvalue weighted by molar-refractivity contribution is 7.93. The number of esters is 1. The van der Waals surface area contributed by atoms with Crippen LogP contribution in [0.1, 0.15) is 16.8 Å². The van der Waals surface area contributed by atoms with Crippen molar-refractivity contribution in [2.45, 2.75) is 6.42 Å². The second kappa shape index (κ2) is 6.52. The van der Waals surface area contributed by atoms with Crippen molar-refractivity contribution < 1.29 is 22.7 Å². The van der Waals surface area contributed by atoms with E-state index in [9.17, 15) is 13.2 Å². The van der Waals surface area contributed by atoms with Crippen LogP contribution in [0.25, 0.3) is 0 Å². The third-order valence-electron chi connectivity index (χ3n) is 3.74. The van der Waals surface area contributed by atoms with Crippen molar-refractivity contribution in [3.05, 3.63) is 54.1 Å². The minimum atomic E-state index is -3.28. The Hall–Kier alpha value is -2.54. The quantitative estimate of drug-likeness (QED) is 0.627. The first-order valence-electron chi connectivity index (χ1n) is 7.46. The average Bonchev–Trinajstić information content (AvgIpc) is 2.95. The van der Waals surface area contributed by atoms with Gasteiger partial charge in [-0.15, -0.1) is 0 Å². The number of nitrogens with zero attached hydrogens (tertiary/aromatic N) is 1.